The van der Waals surface area contributed by atoms with Crippen LogP contribution in [0.1, 0.15) is 21.5 Å². The van der Waals surface area contributed by atoms with Crippen LogP contribution >= 0.6 is 23.2 Å². The fourth-order valence-corrected chi connectivity index (χ4v) is 4.01. The predicted octanol–water partition coefficient (Wildman–Crippen LogP) is 5.62. The maximum absolute atomic E-state index is 13.5. The van der Waals surface area contributed by atoms with Gasteiger partial charge in [0.25, 0.3) is 5.91 Å². The Hall–Kier alpha value is -3.48. The molecular formula is C23H15Cl2NO5. The summed E-state index contributed by atoms with van der Waals surface area (Å²) in [4.78, 5) is 26.1. The lowest BCUT2D eigenvalue weighted by Crippen LogP contribution is -2.20. The SMILES string of the molecule is COc1cccc2c1C(=Cc1c(Cl)cccc1Cl)C(=O)N2c1ccc(C(=O)O)c(O)c1. The summed E-state index contributed by atoms with van der Waals surface area (Å²) in [5.74, 6) is -1.66. The average Bonchev–Trinajstić information content (AvgIpc) is 3.01. The van der Waals surface area contributed by atoms with Crippen LogP contribution < -0.4 is 9.64 Å². The fraction of sp³-hybridized carbons (Fsp3) is 0.0435. The number of hydrogen-bond acceptors (Lipinski definition) is 4. The van der Waals surface area contributed by atoms with Crippen molar-refractivity contribution in [1.29, 1.82) is 0 Å². The summed E-state index contributed by atoms with van der Waals surface area (Å²) in [6.45, 7) is 0. The Bertz CT molecular complexity index is 1250. The summed E-state index contributed by atoms with van der Waals surface area (Å²) in [5.41, 5.74) is 1.87. The largest absolute Gasteiger partial charge is 0.507 e. The second-order valence-electron chi connectivity index (χ2n) is 6.69. The first-order valence-electron chi connectivity index (χ1n) is 9.07. The molecule has 6 nitrogen and oxygen atoms in total. The summed E-state index contributed by atoms with van der Waals surface area (Å²) in [6.07, 6.45) is 1.60. The van der Waals surface area contributed by atoms with E-state index in [1.807, 2.05) is 0 Å². The van der Waals surface area contributed by atoms with Crippen molar-refractivity contribution in [3.63, 3.8) is 0 Å². The molecule has 3 aromatic carbocycles. The van der Waals surface area contributed by atoms with Crippen LogP contribution in [0.2, 0.25) is 10.0 Å². The number of carboxylic acid groups (broad SMARTS) is 1. The number of aromatic carboxylic acids is 1. The number of carbonyl (C=O) groups is 2. The highest BCUT2D eigenvalue weighted by Gasteiger charge is 2.36. The second-order valence-corrected chi connectivity index (χ2v) is 7.51. The molecule has 2 N–H and O–H groups in total. The molecule has 8 heteroatoms. The maximum atomic E-state index is 13.5. The number of anilines is 2. The zero-order valence-electron chi connectivity index (χ0n) is 16.1. The number of carboxylic acids is 1. The van der Waals surface area contributed by atoms with Crippen molar-refractivity contribution >= 4 is 58.1 Å². The Morgan fingerprint density at radius 1 is 1.06 bits per heavy atom. The third kappa shape index (κ3) is 3.50. The third-order valence-corrected chi connectivity index (χ3v) is 5.59. The quantitative estimate of drug-likeness (QED) is 0.498. The number of ether oxygens (including phenoxy) is 1. The van der Waals surface area contributed by atoms with Gasteiger partial charge in [-0.3, -0.25) is 9.69 Å². The standard InChI is InChI=1S/C23H15Cl2NO5/c1-31-20-7-3-6-18-21(20)15(11-14-16(24)4-2-5-17(14)25)22(28)26(18)12-8-9-13(23(29)30)19(27)10-12/h2-11,27H,1H3,(H,29,30). The minimum absolute atomic E-state index is 0.264. The molecule has 0 spiro atoms. The lowest BCUT2D eigenvalue weighted by Gasteiger charge is -2.18. The van der Waals surface area contributed by atoms with E-state index in [9.17, 15) is 14.7 Å². The molecule has 1 amide bonds. The van der Waals surface area contributed by atoms with Crippen LogP contribution in [0.3, 0.4) is 0 Å². The number of rotatable bonds is 4. The summed E-state index contributed by atoms with van der Waals surface area (Å²) in [6, 6.07) is 14.2. The zero-order chi connectivity index (χ0) is 22.3. The highest BCUT2D eigenvalue weighted by molar-refractivity contribution is 6.42. The van der Waals surface area contributed by atoms with E-state index < -0.39 is 17.6 Å². The zero-order valence-corrected chi connectivity index (χ0v) is 17.6. The molecule has 0 saturated heterocycles. The monoisotopic (exact) mass is 455 g/mol. The molecule has 0 fully saturated rings. The third-order valence-electron chi connectivity index (χ3n) is 4.93. The van der Waals surface area contributed by atoms with E-state index in [0.29, 0.717) is 43.9 Å². The van der Waals surface area contributed by atoms with Gasteiger partial charge in [0.05, 0.1) is 29.6 Å². The molecule has 0 aliphatic carbocycles. The maximum Gasteiger partial charge on any atom is 0.339 e. The number of phenols is 1. The van der Waals surface area contributed by atoms with Crippen LogP contribution in [0.15, 0.2) is 54.6 Å². The molecule has 1 heterocycles. The second kappa shape index (κ2) is 7.98. The summed E-state index contributed by atoms with van der Waals surface area (Å²) < 4.78 is 5.48. The highest BCUT2D eigenvalue weighted by atomic mass is 35.5. The number of benzene rings is 3. The smallest absolute Gasteiger partial charge is 0.339 e. The highest BCUT2D eigenvalue weighted by Crippen LogP contribution is 2.47. The number of halogens is 2. The number of aromatic hydroxyl groups is 1. The van der Waals surface area contributed by atoms with Crippen molar-refractivity contribution in [3.05, 3.63) is 81.3 Å². The molecule has 1 aliphatic heterocycles. The molecule has 0 radical (unpaired) electrons. The van der Waals surface area contributed by atoms with Gasteiger partial charge in [0.1, 0.15) is 17.1 Å². The normalized spacial score (nSPS) is 14.1. The summed E-state index contributed by atoms with van der Waals surface area (Å²) >= 11 is 12.6. The van der Waals surface area contributed by atoms with E-state index in [0.717, 1.165) is 0 Å². The Kier molecular flexibility index (Phi) is 5.35. The number of nitrogens with zero attached hydrogens (tertiary/aromatic N) is 1. The van der Waals surface area contributed by atoms with Crippen molar-refractivity contribution in [2.24, 2.45) is 0 Å². The topological polar surface area (TPSA) is 87.1 Å². The molecule has 0 unspecified atom stereocenters. The Balaban J connectivity index is 1.94. The number of hydrogen-bond donors (Lipinski definition) is 2. The lowest BCUT2D eigenvalue weighted by molar-refractivity contribution is -0.112. The number of fused-ring (bicyclic) bond motifs is 1. The van der Waals surface area contributed by atoms with Gasteiger partial charge in [-0.15, -0.1) is 0 Å². The average molecular weight is 456 g/mol. The Morgan fingerprint density at radius 3 is 2.35 bits per heavy atom. The number of methoxy groups -OCH3 is 1. The Morgan fingerprint density at radius 2 is 1.74 bits per heavy atom. The van der Waals surface area contributed by atoms with Gasteiger partial charge in [0, 0.05) is 21.7 Å². The predicted molar refractivity (Wildman–Crippen MR) is 120 cm³/mol. The van der Waals surface area contributed by atoms with Crippen molar-refractivity contribution in [2.75, 3.05) is 12.0 Å². The van der Waals surface area contributed by atoms with E-state index in [4.69, 9.17) is 33.0 Å². The van der Waals surface area contributed by atoms with E-state index in [2.05, 4.69) is 0 Å². The molecule has 156 valence electrons. The van der Waals surface area contributed by atoms with Crippen LogP contribution in [-0.2, 0) is 4.79 Å². The van der Waals surface area contributed by atoms with Gasteiger partial charge in [0.2, 0.25) is 0 Å². The summed E-state index contributed by atoms with van der Waals surface area (Å²) in [5, 5.41) is 20.1. The van der Waals surface area contributed by atoms with Gasteiger partial charge in [-0.1, -0.05) is 35.3 Å². The van der Waals surface area contributed by atoms with Crippen LogP contribution in [0.25, 0.3) is 11.6 Å². The lowest BCUT2D eigenvalue weighted by atomic mass is 10.0. The van der Waals surface area contributed by atoms with Crippen LogP contribution in [0, 0.1) is 0 Å². The molecular weight excluding hydrogens is 441 g/mol. The van der Waals surface area contributed by atoms with Crippen molar-refractivity contribution in [2.45, 2.75) is 0 Å². The van der Waals surface area contributed by atoms with Crippen LogP contribution in [-0.4, -0.2) is 29.2 Å². The van der Waals surface area contributed by atoms with Crippen molar-refractivity contribution in [1.82, 2.24) is 0 Å². The Labute approximate surface area is 187 Å². The molecule has 0 saturated carbocycles. The van der Waals surface area contributed by atoms with Crippen molar-refractivity contribution < 1.29 is 24.5 Å². The molecule has 4 rings (SSSR count). The molecule has 1 aliphatic rings. The molecule has 0 atom stereocenters. The molecule has 0 bridgehead atoms. The molecule has 0 aromatic heterocycles. The molecule has 3 aromatic rings. The van der Waals surface area contributed by atoms with E-state index in [1.54, 1.807) is 42.5 Å². The van der Waals surface area contributed by atoms with Gasteiger partial charge >= 0.3 is 5.97 Å². The van der Waals surface area contributed by atoms with Gasteiger partial charge in [-0.2, -0.15) is 0 Å². The van der Waals surface area contributed by atoms with Crippen molar-refractivity contribution in [3.8, 4) is 11.5 Å². The minimum Gasteiger partial charge on any atom is -0.507 e. The summed E-state index contributed by atoms with van der Waals surface area (Å²) in [7, 11) is 1.50. The minimum atomic E-state index is -1.27. The first-order valence-corrected chi connectivity index (χ1v) is 9.83. The van der Waals surface area contributed by atoms with Gasteiger partial charge in [-0.05, 0) is 42.5 Å². The van der Waals surface area contributed by atoms with Gasteiger partial charge in [0.15, 0.2) is 0 Å². The van der Waals surface area contributed by atoms with Crippen LogP contribution in [0.5, 0.6) is 11.5 Å². The fourth-order valence-electron chi connectivity index (χ4n) is 3.51. The van der Waals surface area contributed by atoms with Crippen LogP contribution in [0.4, 0.5) is 11.4 Å². The molecule has 31 heavy (non-hydrogen) atoms. The first-order chi connectivity index (χ1) is 14.8. The van der Waals surface area contributed by atoms with E-state index >= 15 is 0 Å². The first kappa shape index (κ1) is 20.8. The number of amides is 1. The van der Waals surface area contributed by atoms with E-state index in [1.165, 1.54) is 30.2 Å². The van der Waals surface area contributed by atoms with Gasteiger partial charge < -0.3 is 14.9 Å². The van der Waals surface area contributed by atoms with E-state index in [-0.39, 0.29) is 5.56 Å². The number of carbonyl (C=O) groups excluding carboxylic acids is 1. The van der Waals surface area contributed by atoms with Gasteiger partial charge in [-0.25, -0.2) is 4.79 Å².